The lowest BCUT2D eigenvalue weighted by molar-refractivity contribution is -0.143. The molecule has 0 aromatic rings. The van der Waals surface area contributed by atoms with Crippen LogP contribution in [0.15, 0.2) is 11.6 Å². The van der Waals surface area contributed by atoms with Crippen molar-refractivity contribution in [2.75, 3.05) is 6.61 Å². The summed E-state index contributed by atoms with van der Waals surface area (Å²) < 4.78 is 10.0. The van der Waals surface area contributed by atoms with Crippen molar-refractivity contribution in [3.63, 3.8) is 0 Å². The van der Waals surface area contributed by atoms with Crippen LogP contribution in [-0.2, 0) is 19.1 Å². The molecule has 2 rings (SSSR count). The van der Waals surface area contributed by atoms with Crippen molar-refractivity contribution < 1.29 is 19.1 Å². The minimum Gasteiger partial charge on any atom is -0.465 e. The molecule has 0 radical (unpaired) electrons. The first-order valence-corrected chi connectivity index (χ1v) is 4.65. The van der Waals surface area contributed by atoms with Crippen LogP contribution >= 0.6 is 0 Å². The molecular weight excluding hydrogens is 184 g/mol. The molecule has 2 aliphatic heterocycles. The average Bonchev–Trinajstić information content (AvgIpc) is 2.61. The first-order chi connectivity index (χ1) is 6.59. The Morgan fingerprint density at radius 1 is 1.43 bits per heavy atom. The fraction of sp³-hybridized carbons (Fsp3) is 0.600. The summed E-state index contributed by atoms with van der Waals surface area (Å²) in [6.45, 7) is 3.86. The second-order valence-corrected chi connectivity index (χ2v) is 3.80. The third-order valence-electron chi connectivity index (χ3n) is 2.83. The molecule has 0 saturated carbocycles. The monoisotopic (exact) mass is 196 g/mol. The maximum Gasteiger partial charge on any atom is 0.334 e. The number of carbonyl (C=O) groups is 2. The molecule has 76 valence electrons. The van der Waals surface area contributed by atoms with E-state index in [4.69, 9.17) is 9.47 Å². The number of esters is 2. The maximum absolute atomic E-state index is 11.1. The van der Waals surface area contributed by atoms with Crippen LogP contribution in [0.1, 0.15) is 13.8 Å². The summed E-state index contributed by atoms with van der Waals surface area (Å²) in [5, 5.41) is 0. The molecule has 4 heteroatoms. The number of ether oxygens (including phenoxy) is 2. The van der Waals surface area contributed by atoms with Gasteiger partial charge in [-0.2, -0.15) is 0 Å². The van der Waals surface area contributed by atoms with Crippen LogP contribution in [0.2, 0.25) is 0 Å². The second-order valence-electron chi connectivity index (χ2n) is 3.80. The van der Waals surface area contributed by atoms with Crippen molar-refractivity contribution in [1.29, 1.82) is 0 Å². The van der Waals surface area contributed by atoms with E-state index in [1.54, 1.807) is 19.9 Å². The van der Waals surface area contributed by atoms with E-state index >= 15 is 0 Å². The van der Waals surface area contributed by atoms with Gasteiger partial charge in [-0.1, -0.05) is 6.92 Å². The zero-order valence-electron chi connectivity index (χ0n) is 8.15. The molecule has 0 spiro atoms. The smallest absolute Gasteiger partial charge is 0.334 e. The largest absolute Gasteiger partial charge is 0.465 e. The SMILES string of the molecule is CC1=CC(C2COC(=O)C2C)OC1=O. The average molecular weight is 196 g/mol. The third kappa shape index (κ3) is 1.31. The Morgan fingerprint density at radius 3 is 2.57 bits per heavy atom. The van der Waals surface area contributed by atoms with Gasteiger partial charge >= 0.3 is 11.9 Å². The maximum atomic E-state index is 11.1. The van der Waals surface area contributed by atoms with E-state index in [-0.39, 0.29) is 29.9 Å². The topological polar surface area (TPSA) is 52.6 Å². The molecule has 2 aliphatic rings. The van der Waals surface area contributed by atoms with Gasteiger partial charge in [0.1, 0.15) is 6.10 Å². The van der Waals surface area contributed by atoms with Crippen LogP contribution < -0.4 is 0 Å². The molecule has 3 unspecified atom stereocenters. The van der Waals surface area contributed by atoms with Crippen molar-refractivity contribution in [3.8, 4) is 0 Å². The molecule has 1 fully saturated rings. The van der Waals surface area contributed by atoms with Gasteiger partial charge in [-0.3, -0.25) is 4.79 Å². The number of hydrogen-bond donors (Lipinski definition) is 0. The molecule has 3 atom stereocenters. The summed E-state index contributed by atoms with van der Waals surface area (Å²) in [5.41, 5.74) is 0.613. The number of hydrogen-bond acceptors (Lipinski definition) is 4. The van der Waals surface area contributed by atoms with Gasteiger partial charge in [0.05, 0.1) is 12.5 Å². The molecule has 0 aromatic heterocycles. The molecule has 1 saturated heterocycles. The quantitative estimate of drug-likeness (QED) is 0.578. The summed E-state index contributed by atoms with van der Waals surface area (Å²) >= 11 is 0. The highest BCUT2D eigenvalue weighted by molar-refractivity contribution is 5.90. The van der Waals surface area contributed by atoms with Crippen molar-refractivity contribution in [1.82, 2.24) is 0 Å². The molecule has 4 nitrogen and oxygen atoms in total. The number of cyclic esters (lactones) is 2. The lowest BCUT2D eigenvalue weighted by Gasteiger charge is -2.16. The van der Waals surface area contributed by atoms with Crippen molar-refractivity contribution in [2.24, 2.45) is 11.8 Å². The molecule has 0 aromatic carbocycles. The lowest BCUT2D eigenvalue weighted by atomic mass is 9.91. The summed E-state index contributed by atoms with van der Waals surface area (Å²) in [7, 11) is 0. The van der Waals surface area contributed by atoms with E-state index in [0.29, 0.717) is 12.2 Å². The zero-order chi connectivity index (χ0) is 10.3. The summed E-state index contributed by atoms with van der Waals surface area (Å²) in [6, 6.07) is 0. The first-order valence-electron chi connectivity index (χ1n) is 4.65. The Hall–Kier alpha value is -1.32. The Morgan fingerprint density at radius 2 is 2.14 bits per heavy atom. The third-order valence-corrected chi connectivity index (χ3v) is 2.83. The van der Waals surface area contributed by atoms with Crippen molar-refractivity contribution in [2.45, 2.75) is 20.0 Å². The number of rotatable bonds is 1. The van der Waals surface area contributed by atoms with Gasteiger partial charge in [0.2, 0.25) is 0 Å². The Labute approximate surface area is 81.9 Å². The Kier molecular flexibility index (Phi) is 2.06. The van der Waals surface area contributed by atoms with Gasteiger partial charge in [0.25, 0.3) is 0 Å². The van der Waals surface area contributed by atoms with E-state index < -0.39 is 0 Å². The summed E-state index contributed by atoms with van der Waals surface area (Å²) in [5.74, 6) is -0.704. The predicted octanol–water partition coefficient (Wildman–Crippen LogP) is 0.667. The van der Waals surface area contributed by atoms with E-state index in [1.807, 2.05) is 0 Å². The standard InChI is InChI=1S/C10H12O4/c1-5-3-8(14-9(5)11)7-4-13-10(12)6(7)2/h3,6-8H,4H2,1-2H3. The van der Waals surface area contributed by atoms with Gasteiger partial charge in [-0.25, -0.2) is 4.79 Å². The summed E-state index contributed by atoms with van der Waals surface area (Å²) in [4.78, 5) is 22.2. The Bertz CT molecular complexity index is 318. The van der Waals surface area contributed by atoms with Gasteiger partial charge in [0.15, 0.2) is 0 Å². The van der Waals surface area contributed by atoms with E-state index in [0.717, 1.165) is 0 Å². The normalized spacial score (nSPS) is 36.7. The molecular formula is C10H12O4. The fourth-order valence-electron chi connectivity index (χ4n) is 1.78. The van der Waals surface area contributed by atoms with Gasteiger partial charge in [-0.15, -0.1) is 0 Å². The van der Waals surface area contributed by atoms with Crippen molar-refractivity contribution >= 4 is 11.9 Å². The minimum atomic E-state index is -0.290. The van der Waals surface area contributed by atoms with E-state index in [1.165, 1.54) is 0 Å². The van der Waals surface area contributed by atoms with Crippen LogP contribution in [0.3, 0.4) is 0 Å². The molecule has 0 amide bonds. The summed E-state index contributed by atoms with van der Waals surface area (Å²) in [6.07, 6.45) is 1.48. The van der Waals surface area contributed by atoms with Gasteiger partial charge in [0, 0.05) is 11.5 Å². The van der Waals surface area contributed by atoms with Crippen LogP contribution in [0.5, 0.6) is 0 Å². The highest BCUT2D eigenvalue weighted by Gasteiger charge is 2.41. The fourth-order valence-corrected chi connectivity index (χ4v) is 1.78. The number of carbonyl (C=O) groups excluding carboxylic acids is 2. The predicted molar refractivity (Wildman–Crippen MR) is 47.3 cm³/mol. The highest BCUT2D eigenvalue weighted by Crippen LogP contribution is 2.30. The van der Waals surface area contributed by atoms with Crippen molar-refractivity contribution in [3.05, 3.63) is 11.6 Å². The molecule has 0 aliphatic carbocycles. The first kappa shape index (κ1) is 9.24. The minimum absolute atomic E-state index is 0.0242. The Balaban J connectivity index is 2.11. The van der Waals surface area contributed by atoms with Crippen LogP contribution in [0.4, 0.5) is 0 Å². The molecule has 14 heavy (non-hydrogen) atoms. The van der Waals surface area contributed by atoms with Gasteiger partial charge < -0.3 is 9.47 Å². The molecule has 0 bridgehead atoms. The molecule has 0 N–H and O–H groups in total. The van der Waals surface area contributed by atoms with Crippen LogP contribution in [-0.4, -0.2) is 24.6 Å². The van der Waals surface area contributed by atoms with Crippen LogP contribution in [0, 0.1) is 11.8 Å². The highest BCUT2D eigenvalue weighted by atomic mass is 16.6. The lowest BCUT2D eigenvalue weighted by Crippen LogP contribution is -2.26. The van der Waals surface area contributed by atoms with Gasteiger partial charge in [-0.05, 0) is 13.0 Å². The van der Waals surface area contributed by atoms with Crippen LogP contribution in [0.25, 0.3) is 0 Å². The second kappa shape index (κ2) is 3.12. The zero-order valence-corrected chi connectivity index (χ0v) is 8.15. The van der Waals surface area contributed by atoms with E-state index in [9.17, 15) is 9.59 Å². The van der Waals surface area contributed by atoms with E-state index in [2.05, 4.69) is 0 Å². The molecule has 2 heterocycles.